The molecule has 3 rings (SSSR count). The quantitative estimate of drug-likeness (QED) is 0.776. The van der Waals surface area contributed by atoms with Crippen LogP contribution in [0.25, 0.3) is 0 Å². The van der Waals surface area contributed by atoms with Crippen LogP contribution in [-0.4, -0.2) is 56.6 Å². The van der Waals surface area contributed by atoms with Gasteiger partial charge in [-0.25, -0.2) is 21.8 Å². The van der Waals surface area contributed by atoms with Crippen LogP contribution in [0.2, 0.25) is 0 Å². The highest BCUT2D eigenvalue weighted by Crippen LogP contribution is 2.31. The van der Waals surface area contributed by atoms with Crippen LogP contribution in [0.1, 0.15) is 11.9 Å². The molecule has 1 aromatic carbocycles. The van der Waals surface area contributed by atoms with Crippen molar-refractivity contribution in [2.75, 3.05) is 25.9 Å². The summed E-state index contributed by atoms with van der Waals surface area (Å²) in [6.45, 7) is 1.13. The maximum absolute atomic E-state index is 13.3. The summed E-state index contributed by atoms with van der Waals surface area (Å²) in [6.07, 6.45) is 4.37. The SMILES string of the molecule is Cl.Cn1ccnc1C1CNCCN1S(=O)(=O)c1ccccc1S(C)(=O)=O. The third kappa shape index (κ3) is 3.79. The molecule has 0 radical (unpaired) electrons. The van der Waals surface area contributed by atoms with Gasteiger partial charge in [0.15, 0.2) is 9.84 Å². The van der Waals surface area contributed by atoms with Crippen LogP contribution in [0.5, 0.6) is 0 Å². The van der Waals surface area contributed by atoms with Crippen LogP contribution in [-0.2, 0) is 26.9 Å². The van der Waals surface area contributed by atoms with E-state index in [1.165, 1.54) is 28.6 Å². The lowest BCUT2D eigenvalue weighted by molar-refractivity contribution is 0.258. The van der Waals surface area contributed by atoms with Gasteiger partial charge in [0.05, 0.1) is 10.9 Å². The van der Waals surface area contributed by atoms with Crippen molar-refractivity contribution in [3.63, 3.8) is 0 Å². The van der Waals surface area contributed by atoms with Crippen molar-refractivity contribution in [1.82, 2.24) is 19.2 Å². The lowest BCUT2D eigenvalue weighted by Crippen LogP contribution is -2.49. The Morgan fingerprint density at radius 2 is 1.81 bits per heavy atom. The largest absolute Gasteiger partial charge is 0.337 e. The van der Waals surface area contributed by atoms with Crippen LogP contribution in [0.15, 0.2) is 46.5 Å². The van der Waals surface area contributed by atoms with E-state index in [0.29, 0.717) is 18.9 Å². The van der Waals surface area contributed by atoms with Crippen LogP contribution < -0.4 is 5.32 Å². The second-order valence-corrected chi connectivity index (χ2v) is 9.79. The van der Waals surface area contributed by atoms with Gasteiger partial charge >= 0.3 is 0 Å². The molecule has 1 N–H and O–H groups in total. The highest BCUT2D eigenvalue weighted by atomic mass is 35.5. The number of aromatic nitrogens is 2. The predicted molar refractivity (Wildman–Crippen MR) is 99.5 cm³/mol. The van der Waals surface area contributed by atoms with Crippen molar-refractivity contribution >= 4 is 32.3 Å². The third-order valence-electron chi connectivity index (χ3n) is 4.19. The molecule has 1 aliphatic heterocycles. The zero-order chi connectivity index (χ0) is 18.2. The summed E-state index contributed by atoms with van der Waals surface area (Å²) in [7, 11) is -5.89. The number of imidazole rings is 1. The number of nitrogens with one attached hydrogen (secondary N) is 1. The fourth-order valence-corrected chi connectivity index (χ4v) is 6.18. The van der Waals surface area contributed by atoms with Gasteiger partial charge in [-0.05, 0) is 12.1 Å². The first-order valence-corrected chi connectivity index (χ1v) is 11.0. The monoisotopic (exact) mass is 420 g/mol. The first-order chi connectivity index (χ1) is 11.7. The number of aryl methyl sites for hydroxylation is 1. The van der Waals surface area contributed by atoms with E-state index >= 15 is 0 Å². The molecule has 1 saturated heterocycles. The van der Waals surface area contributed by atoms with Crippen molar-refractivity contribution in [3.05, 3.63) is 42.5 Å². The van der Waals surface area contributed by atoms with E-state index in [4.69, 9.17) is 0 Å². The first-order valence-electron chi connectivity index (χ1n) is 7.72. The molecule has 1 aliphatic rings. The number of hydrogen-bond acceptors (Lipinski definition) is 6. The molecule has 8 nitrogen and oxygen atoms in total. The molecule has 0 bridgehead atoms. The molecular weight excluding hydrogens is 400 g/mol. The van der Waals surface area contributed by atoms with E-state index in [1.807, 2.05) is 0 Å². The zero-order valence-corrected chi connectivity index (χ0v) is 16.8. The Hall–Kier alpha value is -1.46. The Morgan fingerprint density at radius 3 is 2.38 bits per heavy atom. The number of sulfone groups is 1. The van der Waals surface area contributed by atoms with Crippen molar-refractivity contribution < 1.29 is 16.8 Å². The molecule has 0 aliphatic carbocycles. The van der Waals surface area contributed by atoms with Crippen LogP contribution in [0.4, 0.5) is 0 Å². The summed E-state index contributed by atoms with van der Waals surface area (Å²) < 4.78 is 53.7. The molecule has 11 heteroatoms. The number of halogens is 1. The topological polar surface area (TPSA) is 101 Å². The molecule has 0 amide bonds. The minimum Gasteiger partial charge on any atom is -0.337 e. The first kappa shape index (κ1) is 20.8. The molecule has 1 aromatic heterocycles. The molecule has 1 fully saturated rings. The van der Waals surface area contributed by atoms with Crippen molar-refractivity contribution in [2.24, 2.45) is 7.05 Å². The summed E-state index contributed by atoms with van der Waals surface area (Å²) in [6, 6.07) is 5.19. The average molecular weight is 421 g/mol. The van der Waals surface area contributed by atoms with E-state index in [-0.39, 0.29) is 28.7 Å². The van der Waals surface area contributed by atoms with Gasteiger partial charge in [-0.2, -0.15) is 4.31 Å². The van der Waals surface area contributed by atoms with Gasteiger partial charge in [-0.1, -0.05) is 12.1 Å². The van der Waals surface area contributed by atoms with Gasteiger partial charge in [-0.3, -0.25) is 0 Å². The van der Waals surface area contributed by atoms with E-state index in [9.17, 15) is 16.8 Å². The number of nitrogens with zero attached hydrogens (tertiary/aromatic N) is 3. The van der Waals surface area contributed by atoms with Crippen LogP contribution in [0, 0.1) is 0 Å². The summed E-state index contributed by atoms with van der Waals surface area (Å²) in [5.74, 6) is 0.604. The van der Waals surface area contributed by atoms with Gasteiger partial charge < -0.3 is 9.88 Å². The number of benzene rings is 1. The predicted octanol–water partition coefficient (Wildman–Crippen LogP) is 0.581. The Kier molecular flexibility index (Phi) is 6.13. The maximum Gasteiger partial charge on any atom is 0.245 e. The van der Waals surface area contributed by atoms with Crippen molar-refractivity contribution in [1.29, 1.82) is 0 Å². The number of hydrogen-bond donors (Lipinski definition) is 1. The van der Waals surface area contributed by atoms with Crippen LogP contribution >= 0.6 is 12.4 Å². The van der Waals surface area contributed by atoms with Gasteiger partial charge in [0.1, 0.15) is 10.7 Å². The standard InChI is InChI=1S/C15H20N4O4S2.ClH/c1-18-9-8-17-15(18)12-11-16-7-10-19(12)25(22,23)14-6-4-3-5-13(14)24(2,20)21;/h3-6,8-9,12,16H,7,10-11H2,1-2H3;1H. The molecule has 1 atom stereocenters. The summed E-state index contributed by atoms with van der Waals surface area (Å²) in [5.41, 5.74) is 0. The summed E-state index contributed by atoms with van der Waals surface area (Å²) in [5, 5.41) is 3.17. The number of rotatable bonds is 4. The lowest BCUT2D eigenvalue weighted by Gasteiger charge is -2.35. The smallest absolute Gasteiger partial charge is 0.245 e. The van der Waals surface area contributed by atoms with Gasteiger partial charge in [0.2, 0.25) is 10.0 Å². The fourth-order valence-electron chi connectivity index (χ4n) is 2.99. The molecule has 26 heavy (non-hydrogen) atoms. The second-order valence-electron chi connectivity index (χ2n) is 5.95. The number of piperazine rings is 1. The minimum absolute atomic E-state index is 0. The Morgan fingerprint density at radius 1 is 1.15 bits per heavy atom. The van der Waals surface area contributed by atoms with Gasteiger partial charge in [-0.15, -0.1) is 12.4 Å². The molecule has 2 aromatic rings. The molecule has 0 saturated carbocycles. The lowest BCUT2D eigenvalue weighted by atomic mass is 10.2. The van der Waals surface area contributed by atoms with Gasteiger partial charge in [0.25, 0.3) is 0 Å². The normalized spacial score (nSPS) is 19.1. The maximum atomic E-state index is 13.3. The van der Waals surface area contributed by atoms with Crippen LogP contribution in [0.3, 0.4) is 0 Å². The van der Waals surface area contributed by atoms with E-state index in [0.717, 1.165) is 6.26 Å². The Bertz CT molecular complexity index is 989. The Balaban J connectivity index is 0.00000243. The van der Waals surface area contributed by atoms with E-state index in [2.05, 4.69) is 10.3 Å². The Labute approximate surface area is 159 Å². The number of sulfonamides is 1. The second kappa shape index (κ2) is 7.65. The molecule has 1 unspecified atom stereocenters. The molecule has 144 valence electrons. The molecular formula is C15H21ClN4O4S2. The molecule has 2 heterocycles. The highest BCUT2D eigenvalue weighted by molar-refractivity contribution is 7.93. The zero-order valence-electron chi connectivity index (χ0n) is 14.4. The van der Waals surface area contributed by atoms with Crippen molar-refractivity contribution in [3.8, 4) is 0 Å². The van der Waals surface area contributed by atoms with E-state index < -0.39 is 25.9 Å². The minimum atomic E-state index is -4.01. The highest BCUT2D eigenvalue weighted by Gasteiger charge is 2.38. The third-order valence-corrected chi connectivity index (χ3v) is 7.44. The average Bonchev–Trinajstić information content (AvgIpc) is 3.00. The van der Waals surface area contributed by atoms with Crippen molar-refractivity contribution in [2.45, 2.75) is 15.8 Å². The summed E-state index contributed by atoms with van der Waals surface area (Å²) >= 11 is 0. The molecule has 0 spiro atoms. The van der Waals surface area contributed by atoms with E-state index in [1.54, 1.807) is 24.0 Å². The fraction of sp³-hybridized carbons (Fsp3) is 0.400. The van der Waals surface area contributed by atoms with Gasteiger partial charge in [0, 0.05) is 45.3 Å². The summed E-state index contributed by atoms with van der Waals surface area (Å²) in [4.78, 5) is 3.88.